The molecule has 0 radical (unpaired) electrons. The van der Waals surface area contributed by atoms with Crippen LogP contribution in [0.15, 0.2) is 24.3 Å². The maximum Gasteiger partial charge on any atom is 0.416 e. The van der Waals surface area contributed by atoms with Crippen molar-refractivity contribution in [3.05, 3.63) is 35.4 Å². The molecule has 0 bridgehead atoms. The van der Waals surface area contributed by atoms with Gasteiger partial charge in [0.15, 0.2) is 6.04 Å². The number of hydrogen-bond donors (Lipinski definition) is 3. The fourth-order valence-electron chi connectivity index (χ4n) is 1.74. The van der Waals surface area contributed by atoms with Crippen molar-refractivity contribution < 1.29 is 27.7 Å². The number of amides is 3. The first-order chi connectivity index (χ1) is 9.61. The van der Waals surface area contributed by atoms with Gasteiger partial charge in [0, 0.05) is 5.56 Å². The minimum absolute atomic E-state index is 0.339. The van der Waals surface area contributed by atoms with Crippen molar-refractivity contribution in [2.24, 2.45) is 5.73 Å². The molecule has 0 spiro atoms. The molecule has 1 unspecified atom stereocenters. The molecule has 1 rings (SSSR count). The lowest BCUT2D eigenvalue weighted by molar-refractivity contribution is -0.908. The lowest BCUT2D eigenvalue weighted by Gasteiger charge is -2.20. The summed E-state index contributed by atoms with van der Waals surface area (Å²) in [4.78, 5) is 22.9. The topological polar surface area (TPSA) is 76.6 Å². The van der Waals surface area contributed by atoms with Crippen LogP contribution in [0.25, 0.3) is 0 Å². The van der Waals surface area contributed by atoms with E-state index in [-0.39, 0.29) is 0 Å². The second-order valence-electron chi connectivity index (χ2n) is 4.79. The average Bonchev–Trinajstić information content (AvgIpc) is 2.36. The Morgan fingerprint density at radius 1 is 1.29 bits per heavy atom. The lowest BCUT2D eigenvalue weighted by atomic mass is 10.1. The number of urea groups is 1. The van der Waals surface area contributed by atoms with Crippen molar-refractivity contribution in [2.45, 2.75) is 25.7 Å². The van der Waals surface area contributed by atoms with Crippen LogP contribution < -0.4 is 16.0 Å². The summed E-state index contributed by atoms with van der Waals surface area (Å²) in [6.45, 7) is 1.93. The van der Waals surface area contributed by atoms with Gasteiger partial charge in [0.1, 0.15) is 6.54 Å². The minimum atomic E-state index is -4.37. The van der Waals surface area contributed by atoms with Crippen LogP contribution in [0.1, 0.15) is 18.1 Å². The summed E-state index contributed by atoms with van der Waals surface area (Å²) in [7, 11) is 1.70. The molecule has 0 aliphatic heterocycles. The number of rotatable bonds is 4. The first-order valence-corrected chi connectivity index (χ1v) is 6.20. The molecule has 0 aromatic heterocycles. The number of hydrogen-bond acceptors (Lipinski definition) is 2. The van der Waals surface area contributed by atoms with Gasteiger partial charge in [0.05, 0.1) is 12.6 Å². The van der Waals surface area contributed by atoms with E-state index in [1.54, 1.807) is 14.0 Å². The van der Waals surface area contributed by atoms with E-state index >= 15 is 0 Å². The lowest BCUT2D eigenvalue weighted by Crippen LogP contribution is -3.12. The zero-order valence-corrected chi connectivity index (χ0v) is 11.6. The highest BCUT2D eigenvalue weighted by Gasteiger charge is 2.30. The normalized spacial score (nSPS) is 14.3. The van der Waals surface area contributed by atoms with Crippen LogP contribution in [0.2, 0.25) is 0 Å². The Labute approximate surface area is 119 Å². The highest BCUT2D eigenvalue weighted by molar-refractivity contribution is 5.95. The third-order valence-corrected chi connectivity index (χ3v) is 3.14. The predicted molar refractivity (Wildman–Crippen MR) is 69.2 cm³/mol. The molecule has 0 saturated heterocycles. The molecule has 5 nitrogen and oxygen atoms in total. The first kappa shape index (κ1) is 17.0. The van der Waals surface area contributed by atoms with Crippen molar-refractivity contribution in [1.29, 1.82) is 0 Å². The Hall–Kier alpha value is -2.09. The number of nitrogens with two attached hydrogens (primary N) is 1. The summed E-state index contributed by atoms with van der Waals surface area (Å²) in [6, 6.07) is 3.22. The van der Waals surface area contributed by atoms with Gasteiger partial charge in [-0.05, 0) is 19.1 Å². The zero-order chi connectivity index (χ0) is 16.2. The number of halogens is 3. The van der Waals surface area contributed by atoms with E-state index in [4.69, 9.17) is 5.73 Å². The number of carbonyl (C=O) groups excluding carboxylic acids is 2. The summed E-state index contributed by atoms with van der Waals surface area (Å²) in [5.74, 6) is -0.535. The molecule has 4 N–H and O–H groups in total. The number of benzene rings is 1. The van der Waals surface area contributed by atoms with Gasteiger partial charge in [0.2, 0.25) is 0 Å². The number of quaternary nitrogens is 1. The van der Waals surface area contributed by atoms with Crippen LogP contribution >= 0.6 is 0 Å². The van der Waals surface area contributed by atoms with Gasteiger partial charge >= 0.3 is 12.2 Å². The Morgan fingerprint density at radius 3 is 2.24 bits per heavy atom. The maximum absolute atomic E-state index is 12.4. The molecule has 116 valence electrons. The quantitative estimate of drug-likeness (QED) is 0.748. The molecular formula is C13H17F3N3O2+. The third kappa shape index (κ3) is 5.07. The first-order valence-electron chi connectivity index (χ1n) is 6.20. The summed E-state index contributed by atoms with van der Waals surface area (Å²) in [5, 5.41) is 1.97. The van der Waals surface area contributed by atoms with Gasteiger partial charge in [-0.25, -0.2) is 4.79 Å². The Bertz CT molecular complexity index is 514. The summed E-state index contributed by atoms with van der Waals surface area (Å²) in [5.41, 5.74) is 4.79. The van der Waals surface area contributed by atoms with Crippen LogP contribution in [-0.2, 0) is 17.5 Å². The monoisotopic (exact) mass is 304 g/mol. The number of imide groups is 1. The van der Waals surface area contributed by atoms with Crippen molar-refractivity contribution in [3.8, 4) is 0 Å². The molecule has 21 heavy (non-hydrogen) atoms. The van der Waals surface area contributed by atoms with Crippen molar-refractivity contribution >= 4 is 11.9 Å². The van der Waals surface area contributed by atoms with E-state index < -0.39 is 29.7 Å². The summed E-state index contributed by atoms with van der Waals surface area (Å²) < 4.78 is 37.3. The van der Waals surface area contributed by atoms with E-state index in [0.29, 0.717) is 17.0 Å². The van der Waals surface area contributed by atoms with E-state index in [1.807, 2.05) is 5.32 Å². The predicted octanol–water partition coefficient (Wildman–Crippen LogP) is 0.304. The molecule has 0 heterocycles. The third-order valence-electron chi connectivity index (χ3n) is 3.14. The van der Waals surface area contributed by atoms with Crippen LogP contribution in [0.3, 0.4) is 0 Å². The molecule has 0 saturated carbocycles. The number of likely N-dealkylation sites (N-methyl/N-ethyl adjacent to an activating group) is 1. The van der Waals surface area contributed by atoms with Crippen LogP contribution in [0, 0.1) is 0 Å². The van der Waals surface area contributed by atoms with Crippen LogP contribution in [0.5, 0.6) is 0 Å². The zero-order valence-electron chi connectivity index (χ0n) is 11.6. The average molecular weight is 304 g/mol. The molecule has 8 heteroatoms. The highest BCUT2D eigenvalue weighted by atomic mass is 19.4. The number of primary amides is 1. The summed E-state index contributed by atoms with van der Waals surface area (Å²) >= 11 is 0. The smallest absolute Gasteiger partial charge is 0.351 e. The molecule has 0 aliphatic rings. The minimum Gasteiger partial charge on any atom is -0.351 e. The fourth-order valence-corrected chi connectivity index (χ4v) is 1.74. The van der Waals surface area contributed by atoms with Crippen LogP contribution in [-0.4, -0.2) is 25.0 Å². The summed E-state index contributed by atoms with van der Waals surface area (Å²) in [6.07, 6.45) is -4.37. The standard InChI is InChI=1S/C13H16F3N3O2/c1-8(11(20)18-12(17)21)19(2)7-9-3-5-10(6-4-9)13(14,15)16/h3-6,8H,7H2,1-2H3,(H3,17,18,20,21)/p+1/t8-/m1/s1. The van der Waals surface area contributed by atoms with Crippen molar-refractivity contribution in [1.82, 2.24) is 5.32 Å². The number of carbonyl (C=O) groups is 2. The van der Waals surface area contributed by atoms with Gasteiger partial charge < -0.3 is 10.6 Å². The van der Waals surface area contributed by atoms with Crippen molar-refractivity contribution in [3.63, 3.8) is 0 Å². The molecular weight excluding hydrogens is 287 g/mol. The molecule has 0 aliphatic carbocycles. The highest BCUT2D eigenvalue weighted by Crippen LogP contribution is 2.28. The van der Waals surface area contributed by atoms with E-state index in [0.717, 1.165) is 12.1 Å². The Morgan fingerprint density at radius 2 is 1.81 bits per heavy atom. The molecule has 0 fully saturated rings. The van der Waals surface area contributed by atoms with Gasteiger partial charge in [0.25, 0.3) is 5.91 Å². The molecule has 1 aromatic rings. The second kappa shape index (κ2) is 6.57. The Balaban J connectivity index is 2.68. The van der Waals surface area contributed by atoms with Gasteiger partial charge in [-0.15, -0.1) is 0 Å². The fraction of sp³-hybridized carbons (Fsp3) is 0.385. The van der Waals surface area contributed by atoms with E-state index in [9.17, 15) is 22.8 Å². The number of alkyl halides is 3. The largest absolute Gasteiger partial charge is 0.416 e. The van der Waals surface area contributed by atoms with Crippen LogP contribution in [0.4, 0.5) is 18.0 Å². The van der Waals surface area contributed by atoms with E-state index in [2.05, 4.69) is 0 Å². The molecule has 1 aromatic carbocycles. The van der Waals surface area contributed by atoms with Gasteiger partial charge in [-0.1, -0.05) is 12.1 Å². The van der Waals surface area contributed by atoms with Crippen molar-refractivity contribution in [2.75, 3.05) is 7.05 Å². The Kier molecular flexibility index (Phi) is 5.31. The SMILES string of the molecule is C[C@H](C(=O)NC(N)=O)[NH+](C)Cc1ccc(C(F)(F)F)cc1. The van der Waals surface area contributed by atoms with E-state index in [1.165, 1.54) is 12.1 Å². The van der Waals surface area contributed by atoms with Gasteiger partial charge in [-0.3, -0.25) is 10.1 Å². The second-order valence-corrected chi connectivity index (χ2v) is 4.79. The molecule has 2 atom stereocenters. The molecule has 3 amide bonds. The van der Waals surface area contributed by atoms with Gasteiger partial charge in [-0.2, -0.15) is 13.2 Å². The maximum atomic E-state index is 12.4. The number of nitrogens with one attached hydrogen (secondary N) is 2.